The molecule has 0 atom stereocenters. The van der Waals surface area contributed by atoms with E-state index in [-0.39, 0.29) is 0 Å². The number of aromatic nitrogens is 4. The number of benzene rings is 3. The van der Waals surface area contributed by atoms with Gasteiger partial charge in [0.05, 0.1) is 27.6 Å². The van der Waals surface area contributed by atoms with E-state index in [1.54, 1.807) is 0 Å². The molecule has 0 N–H and O–H groups in total. The van der Waals surface area contributed by atoms with Crippen LogP contribution < -0.4 is 4.74 Å². The molecule has 37 heavy (non-hydrogen) atoms. The second-order valence-electron chi connectivity index (χ2n) is 9.15. The van der Waals surface area contributed by atoms with Gasteiger partial charge in [-0.1, -0.05) is 42.5 Å². The number of fused-ring (bicyclic) bond motifs is 9. The van der Waals surface area contributed by atoms with E-state index in [2.05, 4.69) is 99.0 Å². The summed E-state index contributed by atoms with van der Waals surface area (Å²) in [7, 11) is 0. The van der Waals surface area contributed by atoms with E-state index in [1.165, 1.54) is 16.3 Å². The average molecular weight is 477 g/mol. The zero-order valence-electron chi connectivity index (χ0n) is 19.7. The Morgan fingerprint density at radius 1 is 0.568 bits per heavy atom. The monoisotopic (exact) mass is 476 g/mol. The molecule has 174 valence electrons. The van der Waals surface area contributed by atoms with Gasteiger partial charge < -0.3 is 9.14 Å². The molecule has 0 radical (unpaired) electrons. The molecule has 5 heteroatoms. The topological polar surface area (TPSA) is 44.4 Å². The van der Waals surface area contributed by atoms with E-state index < -0.39 is 0 Å². The number of para-hydroxylation sites is 2. The van der Waals surface area contributed by atoms with Crippen LogP contribution in [0.2, 0.25) is 0 Å². The molecule has 0 unspecified atom stereocenters. The van der Waals surface area contributed by atoms with E-state index in [0.29, 0.717) is 5.88 Å². The van der Waals surface area contributed by atoms with Gasteiger partial charge in [-0.05, 0) is 54.6 Å². The van der Waals surface area contributed by atoms with Gasteiger partial charge in [-0.3, -0.25) is 4.57 Å². The van der Waals surface area contributed by atoms with Crippen molar-refractivity contribution in [2.45, 2.75) is 0 Å². The molecule has 0 fully saturated rings. The molecular formula is C32H20N4O. The first kappa shape index (κ1) is 20.1. The van der Waals surface area contributed by atoms with Crippen LogP contribution in [0.1, 0.15) is 0 Å². The summed E-state index contributed by atoms with van der Waals surface area (Å²) < 4.78 is 10.7. The van der Waals surface area contributed by atoms with Crippen molar-refractivity contribution in [2.75, 3.05) is 0 Å². The maximum Gasteiger partial charge on any atom is 0.219 e. The fourth-order valence-corrected chi connectivity index (χ4v) is 5.47. The summed E-state index contributed by atoms with van der Waals surface area (Å²) in [6.45, 7) is 0. The van der Waals surface area contributed by atoms with Crippen LogP contribution in [0.3, 0.4) is 0 Å². The Kier molecular flexibility index (Phi) is 4.16. The Hall–Kier alpha value is -5.16. The summed E-state index contributed by atoms with van der Waals surface area (Å²) in [6, 6.07) is 37.2. The minimum Gasteiger partial charge on any atom is -0.439 e. The summed E-state index contributed by atoms with van der Waals surface area (Å²) in [5.41, 5.74) is 5.30. The van der Waals surface area contributed by atoms with Crippen LogP contribution >= 0.6 is 0 Å². The standard InChI is InChI=1S/C32H20N4O/c1-3-10-26-23(9-1)25-16-17-31(34-32(25)28-12-7-19-35(26)28)37-21-14-15-24-22-8-2-4-11-27(22)36(29(24)20-21)30-13-5-6-18-33-30/h1-20H. The molecule has 0 saturated heterocycles. The van der Waals surface area contributed by atoms with Crippen LogP contribution in [0, 0.1) is 0 Å². The molecule has 0 spiro atoms. The van der Waals surface area contributed by atoms with Crippen molar-refractivity contribution in [1.29, 1.82) is 0 Å². The Morgan fingerprint density at radius 2 is 1.30 bits per heavy atom. The second-order valence-corrected chi connectivity index (χ2v) is 9.15. The number of ether oxygens (including phenoxy) is 1. The highest BCUT2D eigenvalue weighted by molar-refractivity contribution is 6.11. The van der Waals surface area contributed by atoms with Crippen LogP contribution in [-0.2, 0) is 0 Å². The van der Waals surface area contributed by atoms with Crippen molar-refractivity contribution in [1.82, 2.24) is 18.9 Å². The molecule has 3 aromatic carbocycles. The molecule has 0 saturated carbocycles. The van der Waals surface area contributed by atoms with Crippen LogP contribution in [0.25, 0.3) is 54.9 Å². The molecule has 8 rings (SSSR count). The lowest BCUT2D eigenvalue weighted by Gasteiger charge is -2.11. The molecule has 0 amide bonds. The lowest BCUT2D eigenvalue weighted by atomic mass is 10.1. The lowest BCUT2D eigenvalue weighted by molar-refractivity contribution is 0.466. The summed E-state index contributed by atoms with van der Waals surface area (Å²) in [5, 5.41) is 4.61. The Bertz CT molecular complexity index is 2120. The van der Waals surface area contributed by atoms with Gasteiger partial charge in [-0.15, -0.1) is 0 Å². The zero-order valence-corrected chi connectivity index (χ0v) is 19.7. The first-order valence-corrected chi connectivity index (χ1v) is 12.3. The summed E-state index contributed by atoms with van der Waals surface area (Å²) in [5.74, 6) is 2.16. The number of hydrogen-bond donors (Lipinski definition) is 0. The zero-order chi connectivity index (χ0) is 24.3. The highest BCUT2D eigenvalue weighted by Crippen LogP contribution is 2.35. The normalized spacial score (nSPS) is 11.8. The minimum atomic E-state index is 0.561. The van der Waals surface area contributed by atoms with Gasteiger partial charge >= 0.3 is 0 Å². The SMILES string of the molecule is c1ccc(-n2c3ccccc3c3ccc(Oc4ccc5c6ccccc6n6cccc6c5n4)cc32)nc1. The Morgan fingerprint density at radius 3 is 2.16 bits per heavy atom. The maximum absolute atomic E-state index is 6.36. The van der Waals surface area contributed by atoms with Crippen LogP contribution in [0.5, 0.6) is 11.6 Å². The van der Waals surface area contributed by atoms with Gasteiger partial charge in [0.15, 0.2) is 0 Å². The van der Waals surface area contributed by atoms with Crippen LogP contribution in [-0.4, -0.2) is 18.9 Å². The van der Waals surface area contributed by atoms with Crippen molar-refractivity contribution < 1.29 is 4.74 Å². The van der Waals surface area contributed by atoms with Crippen molar-refractivity contribution in [2.24, 2.45) is 0 Å². The number of rotatable bonds is 3. The quantitative estimate of drug-likeness (QED) is 0.243. The van der Waals surface area contributed by atoms with Crippen molar-refractivity contribution in [3.8, 4) is 17.4 Å². The van der Waals surface area contributed by atoms with Gasteiger partial charge in [0.25, 0.3) is 0 Å². The maximum atomic E-state index is 6.36. The fraction of sp³-hybridized carbons (Fsp3) is 0. The number of pyridine rings is 3. The third kappa shape index (κ3) is 2.98. The largest absolute Gasteiger partial charge is 0.439 e. The molecule has 5 heterocycles. The number of hydrogen-bond acceptors (Lipinski definition) is 3. The highest BCUT2D eigenvalue weighted by Gasteiger charge is 2.15. The molecule has 8 aromatic rings. The van der Waals surface area contributed by atoms with Gasteiger partial charge in [-0.25, -0.2) is 9.97 Å². The number of nitrogens with zero attached hydrogens (tertiary/aromatic N) is 4. The lowest BCUT2D eigenvalue weighted by Crippen LogP contribution is -1.97. The molecular weight excluding hydrogens is 456 g/mol. The van der Waals surface area contributed by atoms with Crippen LogP contribution in [0.15, 0.2) is 122 Å². The molecule has 5 aromatic heterocycles. The predicted molar refractivity (Wildman–Crippen MR) is 149 cm³/mol. The molecule has 0 aliphatic heterocycles. The van der Waals surface area contributed by atoms with E-state index in [9.17, 15) is 0 Å². The smallest absolute Gasteiger partial charge is 0.219 e. The van der Waals surface area contributed by atoms with E-state index >= 15 is 0 Å². The minimum absolute atomic E-state index is 0.561. The van der Waals surface area contributed by atoms with E-state index in [1.807, 2.05) is 36.5 Å². The summed E-state index contributed by atoms with van der Waals surface area (Å²) >= 11 is 0. The van der Waals surface area contributed by atoms with Crippen molar-refractivity contribution in [3.05, 3.63) is 122 Å². The van der Waals surface area contributed by atoms with Crippen LogP contribution in [0.4, 0.5) is 0 Å². The Balaban J connectivity index is 1.30. The Labute approximate surface area is 211 Å². The molecule has 0 bridgehead atoms. The fourth-order valence-electron chi connectivity index (χ4n) is 5.47. The third-order valence-corrected chi connectivity index (χ3v) is 7.06. The molecule has 0 aliphatic carbocycles. The predicted octanol–water partition coefficient (Wildman–Crippen LogP) is 7.93. The van der Waals surface area contributed by atoms with E-state index in [0.717, 1.165) is 44.4 Å². The van der Waals surface area contributed by atoms with Crippen molar-refractivity contribution >= 4 is 49.1 Å². The third-order valence-electron chi connectivity index (χ3n) is 7.06. The van der Waals surface area contributed by atoms with Gasteiger partial charge in [0.2, 0.25) is 5.88 Å². The van der Waals surface area contributed by atoms with Gasteiger partial charge in [0.1, 0.15) is 11.6 Å². The first-order chi connectivity index (χ1) is 18.3. The average Bonchev–Trinajstić information content (AvgIpc) is 3.57. The summed E-state index contributed by atoms with van der Waals surface area (Å²) in [6.07, 6.45) is 3.90. The van der Waals surface area contributed by atoms with Crippen molar-refractivity contribution in [3.63, 3.8) is 0 Å². The second kappa shape index (κ2) is 7.67. The molecule has 0 aliphatic rings. The summed E-state index contributed by atoms with van der Waals surface area (Å²) in [4.78, 5) is 9.59. The van der Waals surface area contributed by atoms with Gasteiger partial charge in [0, 0.05) is 46.1 Å². The first-order valence-electron chi connectivity index (χ1n) is 12.3. The highest BCUT2D eigenvalue weighted by atomic mass is 16.5. The van der Waals surface area contributed by atoms with E-state index in [4.69, 9.17) is 9.72 Å². The van der Waals surface area contributed by atoms with Gasteiger partial charge in [-0.2, -0.15) is 0 Å². The molecule has 5 nitrogen and oxygen atoms in total.